The Morgan fingerprint density at radius 1 is 1.07 bits per heavy atom. The third kappa shape index (κ3) is 4.88. The summed E-state index contributed by atoms with van der Waals surface area (Å²) in [7, 11) is 0. The molecule has 0 amide bonds. The molecular formula is C26H20F5N7O3. The number of imidazole rings is 1. The Morgan fingerprint density at radius 3 is 2.56 bits per heavy atom. The second-order valence-corrected chi connectivity index (χ2v) is 9.46. The zero-order valence-corrected chi connectivity index (χ0v) is 21.3. The number of aromatic nitrogens is 6. The lowest BCUT2D eigenvalue weighted by molar-refractivity contribution is -0.143. The van der Waals surface area contributed by atoms with Gasteiger partial charge in [0.15, 0.2) is 40.7 Å². The van der Waals surface area contributed by atoms with E-state index in [0.717, 1.165) is 30.6 Å². The first-order valence-electron chi connectivity index (χ1n) is 12.3. The molecule has 212 valence electrons. The van der Waals surface area contributed by atoms with Crippen molar-refractivity contribution in [1.82, 2.24) is 29.3 Å². The number of halogens is 5. The smallest absolute Gasteiger partial charge is 0.433 e. The van der Waals surface area contributed by atoms with Crippen molar-refractivity contribution >= 4 is 16.9 Å². The molecule has 6 rings (SSSR count). The summed E-state index contributed by atoms with van der Waals surface area (Å²) >= 11 is 0. The summed E-state index contributed by atoms with van der Waals surface area (Å²) in [6.45, 7) is 3.62. The molecule has 5 heterocycles. The van der Waals surface area contributed by atoms with Crippen LogP contribution in [0.15, 0.2) is 59.8 Å². The number of hydrogen-bond donors (Lipinski definition) is 2. The standard InChI is InChI=1S/C26H20F5N7O3/c1-12(2)37-20-18(7-8-32-23(20)36-25(37)39)40-17-5-4-14(9-16(17)28)35-24-21(41-24)15-11-34-38(22(15)26(29,30)31)19-6-3-13(27)10-33-19/h3-12,21,24,35H,1-2H3,(H,32,36,39). The van der Waals surface area contributed by atoms with Crippen LogP contribution in [0.1, 0.15) is 37.3 Å². The van der Waals surface area contributed by atoms with E-state index in [0.29, 0.717) is 10.2 Å². The summed E-state index contributed by atoms with van der Waals surface area (Å²) in [5, 5.41) is 6.63. The van der Waals surface area contributed by atoms with Gasteiger partial charge in [-0.1, -0.05) is 0 Å². The van der Waals surface area contributed by atoms with Gasteiger partial charge in [-0.25, -0.2) is 28.2 Å². The van der Waals surface area contributed by atoms with Gasteiger partial charge in [-0.15, -0.1) is 0 Å². The number of H-pyrrole nitrogens is 1. The molecule has 1 fully saturated rings. The molecule has 0 spiro atoms. The largest absolute Gasteiger partial charge is 0.452 e. The molecule has 1 aliphatic rings. The van der Waals surface area contributed by atoms with Crippen LogP contribution in [0.25, 0.3) is 17.0 Å². The van der Waals surface area contributed by atoms with E-state index in [1.165, 1.54) is 29.0 Å². The lowest BCUT2D eigenvalue weighted by atomic mass is 10.1. The van der Waals surface area contributed by atoms with Gasteiger partial charge in [-0.2, -0.15) is 18.3 Å². The van der Waals surface area contributed by atoms with E-state index >= 15 is 4.39 Å². The van der Waals surface area contributed by atoms with Gasteiger partial charge in [0.25, 0.3) is 0 Å². The molecule has 2 unspecified atom stereocenters. The van der Waals surface area contributed by atoms with Crippen molar-refractivity contribution in [3.8, 4) is 17.3 Å². The third-order valence-corrected chi connectivity index (χ3v) is 6.34. The van der Waals surface area contributed by atoms with Crippen LogP contribution in [0, 0.1) is 11.6 Å². The van der Waals surface area contributed by atoms with E-state index in [9.17, 15) is 22.4 Å². The maximum Gasteiger partial charge on any atom is 0.433 e. The summed E-state index contributed by atoms with van der Waals surface area (Å²) in [6, 6.07) is 7.25. The van der Waals surface area contributed by atoms with Crippen molar-refractivity contribution in [2.45, 2.75) is 38.4 Å². The quantitative estimate of drug-likeness (QED) is 0.196. The number of aromatic amines is 1. The molecule has 2 atom stereocenters. The summed E-state index contributed by atoms with van der Waals surface area (Å²) in [6.07, 6.45) is -3.55. The fourth-order valence-corrected chi connectivity index (χ4v) is 4.53. The van der Waals surface area contributed by atoms with E-state index in [-0.39, 0.29) is 45.9 Å². The van der Waals surface area contributed by atoms with E-state index < -0.39 is 35.8 Å². The summed E-state index contributed by atoms with van der Waals surface area (Å²) < 4.78 is 83.4. The highest BCUT2D eigenvalue weighted by molar-refractivity contribution is 5.78. The number of pyridine rings is 2. The topological polar surface area (TPSA) is 115 Å². The van der Waals surface area contributed by atoms with Crippen LogP contribution in [0.5, 0.6) is 11.5 Å². The first-order valence-corrected chi connectivity index (χ1v) is 12.3. The Labute approximate surface area is 227 Å². The van der Waals surface area contributed by atoms with Crippen LogP contribution in [-0.4, -0.2) is 35.5 Å². The Balaban J connectivity index is 1.21. The predicted octanol–water partition coefficient (Wildman–Crippen LogP) is 5.49. The van der Waals surface area contributed by atoms with Crippen LogP contribution in [0.3, 0.4) is 0 Å². The highest BCUT2D eigenvalue weighted by atomic mass is 19.4. The van der Waals surface area contributed by atoms with E-state index in [4.69, 9.17) is 9.47 Å². The maximum atomic E-state index is 15.0. The number of rotatable bonds is 7. The molecule has 1 aromatic carbocycles. The minimum atomic E-state index is -4.82. The van der Waals surface area contributed by atoms with Crippen LogP contribution in [0.4, 0.5) is 27.6 Å². The highest BCUT2D eigenvalue weighted by Crippen LogP contribution is 2.45. The fourth-order valence-electron chi connectivity index (χ4n) is 4.53. The summed E-state index contributed by atoms with van der Waals surface area (Å²) in [4.78, 5) is 22.8. The zero-order chi connectivity index (χ0) is 29.1. The van der Waals surface area contributed by atoms with Crippen molar-refractivity contribution in [3.05, 3.63) is 88.4 Å². The second kappa shape index (κ2) is 9.69. The first-order chi connectivity index (χ1) is 19.5. The molecular weight excluding hydrogens is 553 g/mol. The maximum absolute atomic E-state index is 15.0. The van der Waals surface area contributed by atoms with Crippen molar-refractivity contribution in [1.29, 1.82) is 0 Å². The lowest BCUT2D eigenvalue weighted by Crippen LogP contribution is -2.18. The van der Waals surface area contributed by atoms with Gasteiger partial charge < -0.3 is 14.8 Å². The number of alkyl halides is 3. The van der Waals surface area contributed by atoms with Crippen LogP contribution >= 0.6 is 0 Å². The van der Waals surface area contributed by atoms with Gasteiger partial charge in [0.05, 0.1) is 12.4 Å². The summed E-state index contributed by atoms with van der Waals surface area (Å²) in [5.74, 6) is -1.63. The molecule has 10 nitrogen and oxygen atoms in total. The molecule has 0 saturated carbocycles. The molecule has 0 bridgehead atoms. The number of ether oxygens (including phenoxy) is 2. The molecule has 0 aliphatic carbocycles. The monoisotopic (exact) mass is 573 g/mol. The number of nitrogens with zero attached hydrogens (tertiary/aromatic N) is 5. The van der Waals surface area contributed by atoms with Crippen molar-refractivity contribution < 1.29 is 31.4 Å². The average Bonchev–Trinajstić information content (AvgIpc) is 3.34. The lowest BCUT2D eigenvalue weighted by Gasteiger charge is -2.13. The van der Waals surface area contributed by atoms with Gasteiger partial charge in [-0.3, -0.25) is 9.55 Å². The zero-order valence-electron chi connectivity index (χ0n) is 21.3. The molecule has 4 aromatic heterocycles. The van der Waals surface area contributed by atoms with Gasteiger partial charge in [0.2, 0.25) is 0 Å². The molecule has 1 saturated heterocycles. The number of benzene rings is 1. The van der Waals surface area contributed by atoms with Crippen molar-refractivity contribution in [3.63, 3.8) is 0 Å². The molecule has 1 aliphatic heterocycles. The number of nitrogens with one attached hydrogen (secondary N) is 2. The van der Waals surface area contributed by atoms with E-state index in [2.05, 4.69) is 25.4 Å². The minimum absolute atomic E-state index is 0.146. The second-order valence-electron chi connectivity index (χ2n) is 9.46. The normalized spacial score (nSPS) is 16.9. The Kier molecular flexibility index (Phi) is 6.25. The van der Waals surface area contributed by atoms with Crippen LogP contribution < -0.4 is 15.7 Å². The third-order valence-electron chi connectivity index (χ3n) is 6.34. The number of fused-ring (bicyclic) bond motifs is 1. The van der Waals surface area contributed by atoms with Crippen LogP contribution in [-0.2, 0) is 10.9 Å². The molecule has 41 heavy (non-hydrogen) atoms. The Bertz CT molecular complexity index is 1810. The predicted molar refractivity (Wildman–Crippen MR) is 135 cm³/mol. The van der Waals surface area contributed by atoms with E-state index in [1.807, 2.05) is 13.8 Å². The number of hydrogen-bond acceptors (Lipinski definition) is 7. The van der Waals surface area contributed by atoms with Crippen LogP contribution in [0.2, 0.25) is 0 Å². The van der Waals surface area contributed by atoms with Gasteiger partial charge in [0, 0.05) is 35.6 Å². The fraction of sp³-hybridized carbons (Fsp3) is 0.231. The minimum Gasteiger partial charge on any atom is -0.452 e. The number of anilines is 1. The number of epoxide rings is 1. The Hall–Kier alpha value is -4.79. The van der Waals surface area contributed by atoms with Gasteiger partial charge in [-0.05, 0) is 38.1 Å². The van der Waals surface area contributed by atoms with E-state index in [1.54, 1.807) is 0 Å². The SMILES string of the molecule is CC(C)n1c(=O)[nH]c2nccc(Oc3ccc(NC4OC4c4cnn(-c5ccc(F)cn5)c4C(F)(F)F)cc3F)c21. The molecule has 5 aromatic rings. The Morgan fingerprint density at radius 2 is 1.88 bits per heavy atom. The van der Waals surface area contributed by atoms with Gasteiger partial charge in [0.1, 0.15) is 17.4 Å². The van der Waals surface area contributed by atoms with Crippen molar-refractivity contribution in [2.24, 2.45) is 0 Å². The first kappa shape index (κ1) is 26.4. The summed E-state index contributed by atoms with van der Waals surface area (Å²) in [5.41, 5.74) is -0.872. The highest BCUT2D eigenvalue weighted by Gasteiger charge is 2.49. The average molecular weight is 573 g/mol. The molecule has 2 N–H and O–H groups in total. The van der Waals surface area contributed by atoms with Gasteiger partial charge >= 0.3 is 11.9 Å². The van der Waals surface area contributed by atoms with Crippen molar-refractivity contribution in [2.75, 3.05) is 5.32 Å². The molecule has 0 radical (unpaired) electrons. The molecule has 15 heteroatoms.